The summed E-state index contributed by atoms with van der Waals surface area (Å²) < 4.78 is 18.3. The Labute approximate surface area is 125 Å². The van der Waals surface area contributed by atoms with Gasteiger partial charge in [-0.25, -0.2) is 4.39 Å². The summed E-state index contributed by atoms with van der Waals surface area (Å²) in [6, 6.07) is 4.10. The first kappa shape index (κ1) is 16.6. The Kier molecular flexibility index (Phi) is 7.17. The van der Waals surface area contributed by atoms with Gasteiger partial charge in [0, 0.05) is 32.2 Å². The molecule has 0 radical (unpaired) electrons. The molecule has 1 aromatic carbocycles. The standard InChI is InChI=1S/C13H16BrFN2O3/c1-20-7-6-16-12(18)4-5-17-13(19)9-2-3-10(14)11(15)8-9/h2-3,8H,4-7H2,1H3,(H,16,18)(H,17,19). The maximum Gasteiger partial charge on any atom is 0.251 e. The average Bonchev–Trinajstić information content (AvgIpc) is 2.42. The van der Waals surface area contributed by atoms with E-state index in [-0.39, 0.29) is 24.4 Å². The summed E-state index contributed by atoms with van der Waals surface area (Å²) >= 11 is 3.01. The highest BCUT2D eigenvalue weighted by Crippen LogP contribution is 2.16. The molecule has 2 amide bonds. The molecular weight excluding hydrogens is 331 g/mol. The lowest BCUT2D eigenvalue weighted by Gasteiger charge is -2.07. The van der Waals surface area contributed by atoms with Gasteiger partial charge in [-0.05, 0) is 34.1 Å². The third kappa shape index (κ3) is 5.66. The van der Waals surface area contributed by atoms with Crippen LogP contribution in [0.1, 0.15) is 16.8 Å². The molecule has 0 aliphatic rings. The van der Waals surface area contributed by atoms with Crippen LogP contribution >= 0.6 is 15.9 Å². The molecule has 2 N–H and O–H groups in total. The molecule has 1 rings (SSSR count). The zero-order chi connectivity index (χ0) is 15.0. The van der Waals surface area contributed by atoms with Crippen LogP contribution in [0.3, 0.4) is 0 Å². The lowest BCUT2D eigenvalue weighted by atomic mass is 10.2. The van der Waals surface area contributed by atoms with Gasteiger partial charge < -0.3 is 15.4 Å². The summed E-state index contributed by atoms with van der Waals surface area (Å²) in [7, 11) is 1.55. The molecule has 0 bridgehead atoms. The first-order valence-corrected chi connectivity index (χ1v) is 6.82. The Balaban J connectivity index is 2.32. The third-order valence-corrected chi connectivity index (χ3v) is 3.09. The number of carbonyl (C=O) groups is 2. The smallest absolute Gasteiger partial charge is 0.251 e. The number of amides is 2. The molecule has 1 aromatic rings. The Morgan fingerprint density at radius 2 is 2.05 bits per heavy atom. The topological polar surface area (TPSA) is 67.4 Å². The Bertz CT molecular complexity index is 483. The second kappa shape index (κ2) is 8.65. The number of benzene rings is 1. The molecule has 0 saturated carbocycles. The number of hydrogen-bond donors (Lipinski definition) is 2. The first-order valence-electron chi connectivity index (χ1n) is 6.03. The van der Waals surface area contributed by atoms with Crippen molar-refractivity contribution in [2.24, 2.45) is 0 Å². The normalized spacial score (nSPS) is 10.2. The van der Waals surface area contributed by atoms with Crippen molar-refractivity contribution in [2.75, 3.05) is 26.8 Å². The zero-order valence-electron chi connectivity index (χ0n) is 11.0. The van der Waals surface area contributed by atoms with Crippen molar-refractivity contribution in [2.45, 2.75) is 6.42 Å². The number of nitrogens with one attached hydrogen (secondary N) is 2. The molecule has 5 nitrogen and oxygen atoms in total. The van der Waals surface area contributed by atoms with E-state index in [1.54, 1.807) is 7.11 Å². The molecule has 20 heavy (non-hydrogen) atoms. The lowest BCUT2D eigenvalue weighted by molar-refractivity contribution is -0.121. The third-order valence-electron chi connectivity index (χ3n) is 2.45. The summed E-state index contributed by atoms with van der Waals surface area (Å²) in [5.41, 5.74) is 0.213. The van der Waals surface area contributed by atoms with Gasteiger partial charge in [0.25, 0.3) is 5.91 Å². The fourth-order valence-electron chi connectivity index (χ4n) is 1.41. The highest BCUT2D eigenvalue weighted by Gasteiger charge is 2.09. The van der Waals surface area contributed by atoms with Crippen LogP contribution in [0.15, 0.2) is 22.7 Å². The van der Waals surface area contributed by atoms with E-state index >= 15 is 0 Å². The minimum Gasteiger partial charge on any atom is -0.383 e. The number of carbonyl (C=O) groups excluding carboxylic acids is 2. The van der Waals surface area contributed by atoms with E-state index in [0.29, 0.717) is 17.6 Å². The van der Waals surface area contributed by atoms with E-state index < -0.39 is 11.7 Å². The van der Waals surface area contributed by atoms with Crippen LogP contribution in [0.25, 0.3) is 0 Å². The second-order valence-corrected chi connectivity index (χ2v) is 4.83. The Morgan fingerprint density at radius 1 is 1.30 bits per heavy atom. The monoisotopic (exact) mass is 346 g/mol. The predicted molar refractivity (Wildman–Crippen MR) is 75.9 cm³/mol. The summed E-state index contributed by atoms with van der Waals surface area (Å²) in [6.45, 7) is 1.06. The lowest BCUT2D eigenvalue weighted by Crippen LogP contribution is -2.32. The minimum absolute atomic E-state index is 0.161. The van der Waals surface area contributed by atoms with Crippen molar-refractivity contribution in [1.29, 1.82) is 0 Å². The largest absolute Gasteiger partial charge is 0.383 e. The highest BCUT2D eigenvalue weighted by atomic mass is 79.9. The number of methoxy groups -OCH3 is 1. The maximum absolute atomic E-state index is 13.3. The molecule has 0 spiro atoms. The van der Waals surface area contributed by atoms with Gasteiger partial charge >= 0.3 is 0 Å². The fraction of sp³-hybridized carbons (Fsp3) is 0.385. The van der Waals surface area contributed by atoms with Gasteiger partial charge in [-0.15, -0.1) is 0 Å². The molecule has 0 unspecified atom stereocenters. The van der Waals surface area contributed by atoms with Crippen LogP contribution in [0.5, 0.6) is 0 Å². The van der Waals surface area contributed by atoms with Crippen molar-refractivity contribution in [1.82, 2.24) is 10.6 Å². The highest BCUT2D eigenvalue weighted by molar-refractivity contribution is 9.10. The fourth-order valence-corrected chi connectivity index (χ4v) is 1.66. The van der Waals surface area contributed by atoms with Crippen LogP contribution in [-0.4, -0.2) is 38.6 Å². The van der Waals surface area contributed by atoms with Gasteiger partial charge in [-0.3, -0.25) is 9.59 Å². The Morgan fingerprint density at radius 3 is 2.70 bits per heavy atom. The summed E-state index contributed by atoms with van der Waals surface area (Å²) in [5, 5.41) is 5.19. The Hall–Kier alpha value is -1.47. The van der Waals surface area contributed by atoms with Gasteiger partial charge in [0.05, 0.1) is 11.1 Å². The van der Waals surface area contributed by atoms with Crippen molar-refractivity contribution in [3.63, 3.8) is 0 Å². The van der Waals surface area contributed by atoms with Gasteiger partial charge in [0.1, 0.15) is 5.82 Å². The average molecular weight is 347 g/mol. The second-order valence-electron chi connectivity index (χ2n) is 3.98. The molecule has 110 valence electrons. The summed E-state index contributed by atoms with van der Waals surface area (Å²) in [5.74, 6) is -1.10. The van der Waals surface area contributed by atoms with Crippen molar-refractivity contribution >= 4 is 27.7 Å². The number of halogens is 2. The van der Waals surface area contributed by atoms with E-state index in [9.17, 15) is 14.0 Å². The van der Waals surface area contributed by atoms with E-state index in [2.05, 4.69) is 26.6 Å². The van der Waals surface area contributed by atoms with E-state index in [1.807, 2.05) is 0 Å². The quantitative estimate of drug-likeness (QED) is 0.734. The van der Waals surface area contributed by atoms with E-state index in [1.165, 1.54) is 12.1 Å². The molecule has 0 aliphatic carbocycles. The van der Waals surface area contributed by atoms with Gasteiger partial charge in [-0.2, -0.15) is 0 Å². The van der Waals surface area contributed by atoms with Crippen LogP contribution in [0.2, 0.25) is 0 Å². The molecule has 0 heterocycles. The molecule has 0 fully saturated rings. The minimum atomic E-state index is -0.505. The molecule has 7 heteroatoms. The van der Waals surface area contributed by atoms with Gasteiger partial charge in [0.15, 0.2) is 0 Å². The van der Waals surface area contributed by atoms with Crippen molar-refractivity contribution in [3.8, 4) is 0 Å². The van der Waals surface area contributed by atoms with Gasteiger partial charge in [-0.1, -0.05) is 0 Å². The molecule has 0 aliphatic heterocycles. The first-order chi connectivity index (χ1) is 9.54. The molecular formula is C13H16BrFN2O3. The van der Waals surface area contributed by atoms with Gasteiger partial charge in [0.2, 0.25) is 5.91 Å². The van der Waals surface area contributed by atoms with Crippen LogP contribution < -0.4 is 10.6 Å². The summed E-state index contributed by atoms with van der Waals surface area (Å²) in [4.78, 5) is 23.1. The van der Waals surface area contributed by atoms with E-state index in [4.69, 9.17) is 4.74 Å². The van der Waals surface area contributed by atoms with Crippen LogP contribution in [-0.2, 0) is 9.53 Å². The molecule has 0 aromatic heterocycles. The van der Waals surface area contributed by atoms with Crippen LogP contribution in [0, 0.1) is 5.82 Å². The van der Waals surface area contributed by atoms with Crippen molar-refractivity contribution < 1.29 is 18.7 Å². The van der Waals surface area contributed by atoms with E-state index in [0.717, 1.165) is 6.07 Å². The number of ether oxygens (including phenoxy) is 1. The maximum atomic E-state index is 13.3. The summed E-state index contributed by atoms with van der Waals surface area (Å²) in [6.07, 6.45) is 0.161. The SMILES string of the molecule is COCCNC(=O)CCNC(=O)c1ccc(Br)c(F)c1. The number of rotatable bonds is 7. The molecule has 0 atom stereocenters. The van der Waals surface area contributed by atoms with Crippen molar-refractivity contribution in [3.05, 3.63) is 34.1 Å². The predicted octanol–water partition coefficient (Wildman–Crippen LogP) is 1.47. The zero-order valence-corrected chi connectivity index (χ0v) is 12.6. The molecule has 0 saturated heterocycles. The van der Waals surface area contributed by atoms with Crippen LogP contribution in [0.4, 0.5) is 4.39 Å². The number of hydrogen-bond acceptors (Lipinski definition) is 3.